The standard InChI is InChI=1S/C20H28N4O/c1-3-4-10-20-21-13-18(22-20)14-24-12-11-23(16(2)25)15-19(24)17-8-6-5-7-9-17/h5-9,13,19H,3-4,10-12,14-15H2,1-2H3,(H,21,22)/t19-/m0/s1. The predicted octanol–water partition coefficient (Wildman–Crippen LogP) is 3.16. The van der Waals surface area contributed by atoms with Gasteiger partial charge < -0.3 is 9.88 Å². The number of aromatic nitrogens is 2. The molecule has 0 unspecified atom stereocenters. The third-order valence-electron chi connectivity index (χ3n) is 4.94. The topological polar surface area (TPSA) is 52.2 Å². The summed E-state index contributed by atoms with van der Waals surface area (Å²) >= 11 is 0. The van der Waals surface area contributed by atoms with Crippen molar-refractivity contribution in [3.63, 3.8) is 0 Å². The molecular formula is C20H28N4O. The number of nitrogens with one attached hydrogen (secondary N) is 1. The van der Waals surface area contributed by atoms with Gasteiger partial charge >= 0.3 is 0 Å². The fourth-order valence-corrected chi connectivity index (χ4v) is 3.46. The number of piperazine rings is 1. The van der Waals surface area contributed by atoms with E-state index in [-0.39, 0.29) is 11.9 Å². The number of nitrogens with zero attached hydrogens (tertiary/aromatic N) is 3. The summed E-state index contributed by atoms with van der Waals surface area (Å²) in [7, 11) is 0. The van der Waals surface area contributed by atoms with Crippen LogP contribution in [0.1, 0.15) is 49.8 Å². The number of aryl methyl sites for hydroxylation is 1. The van der Waals surface area contributed by atoms with Crippen LogP contribution < -0.4 is 0 Å². The Morgan fingerprint density at radius 2 is 2.08 bits per heavy atom. The first-order valence-electron chi connectivity index (χ1n) is 9.24. The summed E-state index contributed by atoms with van der Waals surface area (Å²) in [5.74, 6) is 1.24. The molecule has 25 heavy (non-hydrogen) atoms. The van der Waals surface area contributed by atoms with Crippen LogP contribution in [0.25, 0.3) is 0 Å². The Hall–Kier alpha value is -2.14. The lowest BCUT2D eigenvalue weighted by atomic mass is 10.0. The molecule has 1 aliphatic rings. The number of carbonyl (C=O) groups excluding carboxylic acids is 1. The van der Waals surface area contributed by atoms with Gasteiger partial charge in [-0.2, -0.15) is 0 Å². The largest absolute Gasteiger partial charge is 0.345 e. The Balaban J connectivity index is 1.73. The molecule has 1 N–H and O–H groups in total. The van der Waals surface area contributed by atoms with E-state index in [1.165, 1.54) is 12.0 Å². The highest BCUT2D eigenvalue weighted by Gasteiger charge is 2.29. The molecule has 1 amide bonds. The first-order valence-corrected chi connectivity index (χ1v) is 9.24. The molecular weight excluding hydrogens is 312 g/mol. The minimum Gasteiger partial charge on any atom is -0.345 e. The number of carbonyl (C=O) groups is 1. The van der Waals surface area contributed by atoms with Gasteiger partial charge in [0.15, 0.2) is 0 Å². The van der Waals surface area contributed by atoms with E-state index in [4.69, 9.17) is 0 Å². The lowest BCUT2D eigenvalue weighted by molar-refractivity contribution is -0.132. The molecule has 1 aliphatic heterocycles. The number of unbranched alkanes of at least 4 members (excludes halogenated alkanes) is 1. The quantitative estimate of drug-likeness (QED) is 0.879. The Morgan fingerprint density at radius 1 is 1.28 bits per heavy atom. The molecule has 1 aromatic heterocycles. The van der Waals surface area contributed by atoms with Gasteiger partial charge in [-0.3, -0.25) is 9.69 Å². The summed E-state index contributed by atoms with van der Waals surface area (Å²) in [6.07, 6.45) is 5.32. The van der Waals surface area contributed by atoms with Crippen LogP contribution in [0.3, 0.4) is 0 Å². The number of imidazole rings is 1. The third-order valence-corrected chi connectivity index (χ3v) is 4.94. The highest BCUT2D eigenvalue weighted by Crippen LogP contribution is 2.27. The van der Waals surface area contributed by atoms with Crippen molar-refractivity contribution in [3.8, 4) is 0 Å². The Morgan fingerprint density at radius 3 is 2.80 bits per heavy atom. The molecule has 0 bridgehead atoms. The summed E-state index contributed by atoms with van der Waals surface area (Å²) in [6, 6.07) is 10.7. The van der Waals surface area contributed by atoms with E-state index < -0.39 is 0 Å². The second-order valence-corrected chi connectivity index (χ2v) is 6.82. The molecule has 0 radical (unpaired) electrons. The maximum Gasteiger partial charge on any atom is 0.219 e. The third kappa shape index (κ3) is 4.48. The van der Waals surface area contributed by atoms with E-state index in [0.717, 1.165) is 50.5 Å². The van der Waals surface area contributed by atoms with Crippen LogP contribution >= 0.6 is 0 Å². The maximum atomic E-state index is 11.8. The molecule has 5 heteroatoms. The molecule has 0 spiro atoms. The maximum absolute atomic E-state index is 11.8. The molecule has 3 rings (SSSR count). The van der Waals surface area contributed by atoms with E-state index in [1.807, 2.05) is 17.2 Å². The first kappa shape index (κ1) is 17.7. The minimum atomic E-state index is 0.156. The summed E-state index contributed by atoms with van der Waals surface area (Å²) in [5.41, 5.74) is 2.42. The van der Waals surface area contributed by atoms with Crippen molar-refractivity contribution in [2.75, 3.05) is 19.6 Å². The van der Waals surface area contributed by atoms with Crippen molar-refractivity contribution in [3.05, 3.63) is 53.6 Å². The Kier molecular flexibility index (Phi) is 5.87. The normalized spacial score (nSPS) is 18.5. The molecule has 1 fully saturated rings. The Labute approximate surface area is 150 Å². The van der Waals surface area contributed by atoms with Gasteiger partial charge in [-0.1, -0.05) is 43.7 Å². The van der Waals surface area contributed by atoms with Gasteiger partial charge in [0.05, 0.1) is 6.04 Å². The zero-order chi connectivity index (χ0) is 17.6. The van der Waals surface area contributed by atoms with Crippen LogP contribution in [-0.2, 0) is 17.8 Å². The average Bonchev–Trinajstić information content (AvgIpc) is 3.08. The van der Waals surface area contributed by atoms with Crippen LogP contribution in [0, 0.1) is 0 Å². The zero-order valence-corrected chi connectivity index (χ0v) is 15.2. The van der Waals surface area contributed by atoms with Crippen molar-refractivity contribution in [1.29, 1.82) is 0 Å². The first-order chi connectivity index (χ1) is 12.2. The number of hydrogen-bond donors (Lipinski definition) is 1. The van der Waals surface area contributed by atoms with E-state index >= 15 is 0 Å². The molecule has 2 heterocycles. The number of H-pyrrole nitrogens is 1. The molecule has 1 atom stereocenters. The fourth-order valence-electron chi connectivity index (χ4n) is 3.46. The zero-order valence-electron chi connectivity index (χ0n) is 15.2. The van der Waals surface area contributed by atoms with Crippen LogP contribution in [0.4, 0.5) is 0 Å². The summed E-state index contributed by atoms with van der Waals surface area (Å²) < 4.78 is 0. The highest BCUT2D eigenvalue weighted by molar-refractivity contribution is 5.73. The van der Waals surface area contributed by atoms with E-state index in [1.54, 1.807) is 6.92 Å². The SMILES string of the molecule is CCCCc1ncc(CN2CCN(C(C)=O)C[C@H]2c2ccccc2)[nH]1. The van der Waals surface area contributed by atoms with E-state index in [0.29, 0.717) is 0 Å². The molecule has 5 nitrogen and oxygen atoms in total. The minimum absolute atomic E-state index is 0.156. The molecule has 1 aromatic carbocycles. The Bertz CT molecular complexity index is 682. The van der Waals surface area contributed by atoms with Gasteiger partial charge in [0, 0.05) is 51.4 Å². The predicted molar refractivity (Wildman–Crippen MR) is 99.0 cm³/mol. The van der Waals surface area contributed by atoms with E-state index in [9.17, 15) is 4.79 Å². The second kappa shape index (κ2) is 8.30. The second-order valence-electron chi connectivity index (χ2n) is 6.82. The summed E-state index contributed by atoms with van der Waals surface area (Å²) in [4.78, 5) is 24.2. The summed E-state index contributed by atoms with van der Waals surface area (Å²) in [6.45, 7) is 7.11. The van der Waals surface area contributed by atoms with E-state index in [2.05, 4.69) is 46.1 Å². The molecule has 0 aliphatic carbocycles. The van der Waals surface area contributed by atoms with Crippen molar-refractivity contribution in [2.24, 2.45) is 0 Å². The van der Waals surface area contributed by atoms with Gasteiger partial charge in [0.1, 0.15) is 5.82 Å². The molecule has 134 valence electrons. The number of rotatable bonds is 6. The van der Waals surface area contributed by atoms with Gasteiger partial charge in [0.25, 0.3) is 0 Å². The molecule has 0 saturated carbocycles. The number of aromatic amines is 1. The highest BCUT2D eigenvalue weighted by atomic mass is 16.2. The smallest absolute Gasteiger partial charge is 0.219 e. The monoisotopic (exact) mass is 340 g/mol. The number of amides is 1. The van der Waals surface area contributed by atoms with Crippen LogP contribution in [0.5, 0.6) is 0 Å². The lowest BCUT2D eigenvalue weighted by Gasteiger charge is -2.41. The molecule has 1 saturated heterocycles. The number of hydrogen-bond acceptors (Lipinski definition) is 3. The van der Waals surface area contributed by atoms with Crippen molar-refractivity contribution in [1.82, 2.24) is 19.8 Å². The van der Waals surface area contributed by atoms with Gasteiger partial charge in [-0.25, -0.2) is 4.98 Å². The van der Waals surface area contributed by atoms with Crippen molar-refractivity contribution < 1.29 is 4.79 Å². The average molecular weight is 340 g/mol. The van der Waals surface area contributed by atoms with Gasteiger partial charge in [-0.15, -0.1) is 0 Å². The fraction of sp³-hybridized carbons (Fsp3) is 0.500. The van der Waals surface area contributed by atoms with Crippen LogP contribution in [0.15, 0.2) is 36.5 Å². The van der Waals surface area contributed by atoms with Gasteiger partial charge in [0.2, 0.25) is 5.91 Å². The lowest BCUT2D eigenvalue weighted by Crippen LogP contribution is -2.49. The summed E-state index contributed by atoms with van der Waals surface area (Å²) in [5, 5.41) is 0. The van der Waals surface area contributed by atoms with Crippen LogP contribution in [-0.4, -0.2) is 45.3 Å². The van der Waals surface area contributed by atoms with Crippen molar-refractivity contribution in [2.45, 2.75) is 45.7 Å². The van der Waals surface area contributed by atoms with Gasteiger partial charge in [-0.05, 0) is 12.0 Å². The van der Waals surface area contributed by atoms with Crippen molar-refractivity contribution >= 4 is 5.91 Å². The molecule has 2 aromatic rings. The van der Waals surface area contributed by atoms with Crippen LogP contribution in [0.2, 0.25) is 0 Å². The number of benzene rings is 1.